The Bertz CT molecular complexity index is 544. The van der Waals surface area contributed by atoms with Crippen molar-refractivity contribution in [1.82, 2.24) is 4.98 Å². The number of rotatable bonds is 1. The van der Waals surface area contributed by atoms with Crippen LogP contribution in [-0.4, -0.2) is 10.1 Å². The molecule has 118 valence electrons. The maximum absolute atomic E-state index is 12.6. The molecule has 1 N–H and O–H groups in total. The number of aromatic nitrogens is 1. The van der Waals surface area contributed by atoms with E-state index in [1.807, 2.05) is 20.8 Å². The molecule has 2 rings (SSSR count). The summed E-state index contributed by atoms with van der Waals surface area (Å²) in [6.07, 6.45) is -2.65. The molecule has 1 heterocycles. The van der Waals surface area contributed by atoms with Gasteiger partial charge in [0.15, 0.2) is 0 Å². The molecule has 0 aromatic carbocycles. The quantitative estimate of drug-likeness (QED) is 0.755. The van der Waals surface area contributed by atoms with Gasteiger partial charge >= 0.3 is 6.18 Å². The van der Waals surface area contributed by atoms with Crippen LogP contribution in [0.4, 0.5) is 13.2 Å². The highest BCUT2D eigenvalue weighted by Gasteiger charge is 2.44. The van der Waals surface area contributed by atoms with Gasteiger partial charge in [-0.05, 0) is 36.7 Å². The van der Waals surface area contributed by atoms with Crippen molar-refractivity contribution in [3.63, 3.8) is 0 Å². The summed E-state index contributed by atoms with van der Waals surface area (Å²) < 4.78 is 37.9. The lowest BCUT2D eigenvalue weighted by molar-refractivity contribution is -0.141. The largest absolute Gasteiger partial charge is 0.433 e. The maximum atomic E-state index is 12.6. The molecule has 0 aliphatic heterocycles. The van der Waals surface area contributed by atoms with Gasteiger partial charge < -0.3 is 5.11 Å². The van der Waals surface area contributed by atoms with Crippen molar-refractivity contribution in [1.29, 1.82) is 0 Å². The number of nitrogens with zero attached hydrogens (tertiary/aromatic N) is 1. The van der Waals surface area contributed by atoms with E-state index in [1.165, 1.54) is 6.07 Å². The van der Waals surface area contributed by atoms with Crippen molar-refractivity contribution in [2.45, 2.75) is 51.8 Å². The predicted molar refractivity (Wildman–Crippen MR) is 74.9 cm³/mol. The first-order chi connectivity index (χ1) is 9.43. The summed E-state index contributed by atoms with van der Waals surface area (Å²) in [5, 5.41) is 10.7. The highest BCUT2D eigenvalue weighted by Crippen LogP contribution is 2.49. The average Bonchev–Trinajstić information content (AvgIpc) is 2.23. The summed E-state index contributed by atoms with van der Waals surface area (Å²) in [5.74, 6) is 0.261. The van der Waals surface area contributed by atoms with Crippen LogP contribution >= 0.6 is 11.6 Å². The Kier molecular flexibility index (Phi) is 4.04. The van der Waals surface area contributed by atoms with Crippen LogP contribution in [-0.2, 0) is 11.8 Å². The normalized spacial score (nSPS) is 29.4. The maximum Gasteiger partial charge on any atom is 0.433 e. The monoisotopic (exact) mass is 321 g/mol. The third-order valence-electron chi connectivity index (χ3n) is 4.00. The average molecular weight is 322 g/mol. The topological polar surface area (TPSA) is 33.1 Å². The molecular weight excluding hydrogens is 303 g/mol. The van der Waals surface area contributed by atoms with Gasteiger partial charge in [0.1, 0.15) is 10.8 Å². The molecule has 21 heavy (non-hydrogen) atoms. The van der Waals surface area contributed by atoms with Crippen molar-refractivity contribution in [3.05, 3.63) is 28.5 Å². The molecule has 1 saturated carbocycles. The number of pyridine rings is 1. The van der Waals surface area contributed by atoms with Gasteiger partial charge in [-0.3, -0.25) is 0 Å². The van der Waals surface area contributed by atoms with Crippen molar-refractivity contribution in [2.24, 2.45) is 11.3 Å². The smallest absolute Gasteiger partial charge is 0.385 e. The lowest BCUT2D eigenvalue weighted by atomic mass is 9.64. The van der Waals surface area contributed by atoms with Crippen molar-refractivity contribution in [2.75, 3.05) is 0 Å². The Balaban J connectivity index is 2.41. The van der Waals surface area contributed by atoms with Gasteiger partial charge in [-0.1, -0.05) is 38.4 Å². The van der Waals surface area contributed by atoms with E-state index >= 15 is 0 Å². The zero-order valence-corrected chi connectivity index (χ0v) is 13.0. The molecule has 1 aliphatic rings. The molecule has 0 saturated heterocycles. The van der Waals surface area contributed by atoms with Gasteiger partial charge in [0.25, 0.3) is 0 Å². The van der Waals surface area contributed by atoms with Crippen LogP contribution in [0, 0.1) is 11.3 Å². The fourth-order valence-electron chi connectivity index (χ4n) is 3.67. The molecule has 1 aromatic rings. The van der Waals surface area contributed by atoms with Gasteiger partial charge in [0, 0.05) is 5.56 Å². The van der Waals surface area contributed by atoms with Gasteiger partial charge in [0.2, 0.25) is 0 Å². The van der Waals surface area contributed by atoms with Gasteiger partial charge in [0.05, 0.1) is 5.60 Å². The minimum Gasteiger partial charge on any atom is -0.385 e. The minimum absolute atomic E-state index is 0.0988. The predicted octanol–water partition coefficient (Wildman–Crippen LogP) is 4.79. The fourth-order valence-corrected chi connectivity index (χ4v) is 4.00. The molecule has 1 fully saturated rings. The lowest BCUT2D eigenvalue weighted by Crippen LogP contribution is -2.40. The summed E-state index contributed by atoms with van der Waals surface area (Å²) in [5.41, 5.74) is -2.08. The summed E-state index contributed by atoms with van der Waals surface area (Å²) in [6, 6.07) is 2.14. The molecular formula is C15H19ClF3NO. The van der Waals surface area contributed by atoms with Crippen LogP contribution in [0.5, 0.6) is 0 Å². The molecule has 1 aromatic heterocycles. The lowest BCUT2D eigenvalue weighted by Gasteiger charge is -2.45. The molecule has 6 heteroatoms. The third-order valence-corrected chi connectivity index (χ3v) is 4.29. The van der Waals surface area contributed by atoms with Crippen LogP contribution in [0.2, 0.25) is 5.15 Å². The number of alkyl halides is 3. The Morgan fingerprint density at radius 1 is 1.29 bits per heavy atom. The summed E-state index contributed by atoms with van der Waals surface area (Å²) in [6.45, 7) is 6.11. The van der Waals surface area contributed by atoms with Gasteiger partial charge in [-0.2, -0.15) is 13.2 Å². The fraction of sp³-hybridized carbons (Fsp3) is 0.667. The van der Waals surface area contributed by atoms with Crippen molar-refractivity contribution >= 4 is 11.6 Å². The Labute approximate surface area is 127 Å². The van der Waals surface area contributed by atoms with Gasteiger partial charge in [-0.15, -0.1) is 0 Å². The second-order valence-electron chi connectivity index (χ2n) is 6.92. The molecule has 2 atom stereocenters. The number of hydrogen-bond acceptors (Lipinski definition) is 2. The second-order valence-corrected chi connectivity index (χ2v) is 7.28. The molecule has 0 amide bonds. The first kappa shape index (κ1) is 16.6. The van der Waals surface area contributed by atoms with E-state index in [2.05, 4.69) is 4.98 Å². The third kappa shape index (κ3) is 3.51. The minimum atomic E-state index is -4.54. The second kappa shape index (κ2) is 5.13. The van der Waals surface area contributed by atoms with E-state index in [9.17, 15) is 18.3 Å². The van der Waals surface area contributed by atoms with E-state index in [4.69, 9.17) is 11.6 Å². The highest BCUT2D eigenvalue weighted by atomic mass is 35.5. The van der Waals surface area contributed by atoms with Crippen LogP contribution in [0.1, 0.15) is 51.3 Å². The van der Waals surface area contributed by atoms with Crippen LogP contribution in [0.3, 0.4) is 0 Å². The van der Waals surface area contributed by atoms with E-state index in [0.717, 1.165) is 12.5 Å². The highest BCUT2D eigenvalue weighted by molar-refractivity contribution is 6.30. The van der Waals surface area contributed by atoms with Crippen molar-refractivity contribution < 1.29 is 18.3 Å². The molecule has 2 nitrogen and oxygen atoms in total. The zero-order chi connectivity index (χ0) is 16.1. The standard InChI is InChI=1S/C15H19ClF3NO/c1-9-6-13(2,3)8-14(21,7-9)10-4-5-11(15(17,18)19)20-12(10)16/h4-5,9,21H,6-8H2,1-3H3. The molecule has 0 bridgehead atoms. The summed E-state index contributed by atoms with van der Waals surface area (Å²) in [4.78, 5) is 3.42. The Morgan fingerprint density at radius 2 is 1.90 bits per heavy atom. The number of hydrogen-bond donors (Lipinski definition) is 1. The first-order valence-electron chi connectivity index (χ1n) is 6.90. The molecule has 1 aliphatic carbocycles. The molecule has 0 spiro atoms. The molecule has 0 radical (unpaired) electrons. The Morgan fingerprint density at radius 3 is 2.38 bits per heavy atom. The van der Waals surface area contributed by atoms with E-state index in [-0.39, 0.29) is 22.0 Å². The SMILES string of the molecule is CC1CC(C)(C)CC(O)(c2ccc(C(F)(F)F)nc2Cl)C1. The van der Waals surface area contributed by atoms with Crippen LogP contribution in [0.15, 0.2) is 12.1 Å². The van der Waals surface area contributed by atoms with Crippen LogP contribution < -0.4 is 0 Å². The number of halogens is 4. The van der Waals surface area contributed by atoms with Gasteiger partial charge in [-0.25, -0.2) is 4.98 Å². The molecule has 2 unspecified atom stereocenters. The van der Waals surface area contributed by atoms with Crippen molar-refractivity contribution in [3.8, 4) is 0 Å². The zero-order valence-electron chi connectivity index (χ0n) is 12.3. The first-order valence-corrected chi connectivity index (χ1v) is 7.27. The Hall–Kier alpha value is -0.810. The summed E-state index contributed by atoms with van der Waals surface area (Å²) >= 11 is 5.93. The van der Waals surface area contributed by atoms with E-state index < -0.39 is 17.5 Å². The summed E-state index contributed by atoms with van der Waals surface area (Å²) in [7, 11) is 0. The van der Waals surface area contributed by atoms with Crippen LogP contribution in [0.25, 0.3) is 0 Å². The van der Waals surface area contributed by atoms with E-state index in [1.54, 1.807) is 0 Å². The number of aliphatic hydroxyl groups is 1. The van der Waals surface area contributed by atoms with E-state index in [0.29, 0.717) is 12.8 Å².